The van der Waals surface area contributed by atoms with Crippen molar-refractivity contribution in [2.75, 3.05) is 0 Å². The van der Waals surface area contributed by atoms with Gasteiger partial charge < -0.3 is 5.21 Å². The van der Waals surface area contributed by atoms with Gasteiger partial charge in [-0.2, -0.15) is 0 Å². The largest absolute Gasteiger partial charge is 0.409 e. The molecule has 1 heterocycles. The summed E-state index contributed by atoms with van der Waals surface area (Å²) in [7, 11) is 0. The third kappa shape index (κ3) is 1.78. The Labute approximate surface area is 93.1 Å². The van der Waals surface area contributed by atoms with Crippen LogP contribution in [-0.2, 0) is 6.42 Å². The summed E-state index contributed by atoms with van der Waals surface area (Å²) in [4.78, 5) is 12.0. The zero-order valence-corrected chi connectivity index (χ0v) is 9.18. The van der Waals surface area contributed by atoms with E-state index >= 15 is 0 Å². The molecule has 0 radical (unpaired) electrons. The van der Waals surface area contributed by atoms with Crippen LogP contribution < -0.4 is 5.56 Å². The number of unbranched alkanes of at least 4 members (excludes halogenated alkanes) is 1. The van der Waals surface area contributed by atoms with E-state index in [0.717, 1.165) is 30.3 Å². The Hall–Kier alpha value is -1.84. The molecule has 4 nitrogen and oxygen atoms in total. The van der Waals surface area contributed by atoms with Crippen LogP contribution >= 0.6 is 0 Å². The molecule has 0 aliphatic rings. The minimum absolute atomic E-state index is 0.438. The van der Waals surface area contributed by atoms with Gasteiger partial charge in [0.15, 0.2) is 0 Å². The fraction of sp³-hybridized carbons (Fsp3) is 0.333. The van der Waals surface area contributed by atoms with Crippen molar-refractivity contribution < 1.29 is 5.21 Å². The fourth-order valence-electron chi connectivity index (χ4n) is 1.77. The molecule has 2 aromatic rings. The number of rotatable bonds is 3. The lowest BCUT2D eigenvalue weighted by Crippen LogP contribution is -2.22. The van der Waals surface area contributed by atoms with Crippen molar-refractivity contribution in [3.05, 3.63) is 40.3 Å². The van der Waals surface area contributed by atoms with Crippen molar-refractivity contribution in [1.29, 1.82) is 0 Å². The molecule has 0 spiro atoms. The quantitative estimate of drug-likeness (QED) is 0.801. The predicted molar refractivity (Wildman–Crippen MR) is 61.8 cm³/mol. The van der Waals surface area contributed by atoms with E-state index < -0.39 is 5.56 Å². The molecule has 0 unspecified atom stereocenters. The summed E-state index contributed by atoms with van der Waals surface area (Å²) in [6.07, 6.45) is 2.83. The van der Waals surface area contributed by atoms with Crippen LogP contribution in [0, 0.1) is 0 Å². The van der Waals surface area contributed by atoms with E-state index in [0.29, 0.717) is 10.2 Å². The Morgan fingerprint density at radius 3 is 2.69 bits per heavy atom. The summed E-state index contributed by atoms with van der Waals surface area (Å²) in [6, 6.07) is 7.24. The van der Waals surface area contributed by atoms with Crippen LogP contribution in [0.5, 0.6) is 0 Å². The van der Waals surface area contributed by atoms with Gasteiger partial charge in [0, 0.05) is 5.39 Å². The topological polar surface area (TPSA) is 55.1 Å². The summed E-state index contributed by atoms with van der Waals surface area (Å²) in [6.45, 7) is 2.09. The van der Waals surface area contributed by atoms with Gasteiger partial charge in [-0.25, -0.2) is 0 Å². The second-order valence-electron chi connectivity index (χ2n) is 3.79. The van der Waals surface area contributed by atoms with Crippen molar-refractivity contribution in [3.8, 4) is 0 Å². The first-order valence-electron chi connectivity index (χ1n) is 5.44. The number of nitrogens with zero attached hydrogens (tertiary/aromatic N) is 2. The molecule has 0 bridgehead atoms. The Morgan fingerprint density at radius 2 is 2.00 bits per heavy atom. The summed E-state index contributed by atoms with van der Waals surface area (Å²) >= 11 is 0. The first-order valence-corrected chi connectivity index (χ1v) is 5.44. The van der Waals surface area contributed by atoms with E-state index in [1.807, 2.05) is 12.1 Å². The van der Waals surface area contributed by atoms with Gasteiger partial charge in [-0.1, -0.05) is 36.4 Å². The highest BCUT2D eigenvalue weighted by atomic mass is 16.5. The molecule has 0 amide bonds. The van der Waals surface area contributed by atoms with E-state index in [2.05, 4.69) is 12.0 Å². The van der Waals surface area contributed by atoms with Crippen LogP contribution in [0.15, 0.2) is 29.1 Å². The molecule has 1 N–H and O–H groups in total. The molecular weight excluding hydrogens is 204 g/mol. The number of benzene rings is 1. The Bertz CT molecular complexity index is 560. The van der Waals surface area contributed by atoms with Gasteiger partial charge in [0.05, 0.1) is 11.1 Å². The first-order chi connectivity index (χ1) is 7.74. The molecular formula is C12H14N2O2. The predicted octanol–water partition coefficient (Wildman–Crippen LogP) is 1.98. The maximum atomic E-state index is 11.6. The molecule has 0 aliphatic carbocycles. The second kappa shape index (κ2) is 4.35. The minimum atomic E-state index is -0.462. The van der Waals surface area contributed by atoms with Gasteiger partial charge in [0.25, 0.3) is 0 Å². The number of fused-ring (bicyclic) bond motifs is 1. The number of aryl methyl sites for hydroxylation is 1. The van der Waals surface area contributed by atoms with Crippen LogP contribution in [0.2, 0.25) is 0 Å². The number of hydrogen-bond donors (Lipinski definition) is 1. The lowest BCUT2D eigenvalue weighted by Gasteiger charge is -2.05. The Morgan fingerprint density at radius 1 is 1.31 bits per heavy atom. The average molecular weight is 218 g/mol. The summed E-state index contributed by atoms with van der Waals surface area (Å²) in [5.74, 6) is 0. The molecule has 0 aliphatic heterocycles. The third-order valence-electron chi connectivity index (χ3n) is 2.63. The molecule has 0 saturated carbocycles. The van der Waals surface area contributed by atoms with Crippen molar-refractivity contribution in [2.45, 2.75) is 26.2 Å². The molecule has 1 aromatic carbocycles. The SMILES string of the molecule is CCCCc1nn(O)c(=O)c2ccccc12. The molecule has 84 valence electrons. The van der Waals surface area contributed by atoms with Gasteiger partial charge in [-0.05, 0) is 18.9 Å². The van der Waals surface area contributed by atoms with Crippen LogP contribution in [0.25, 0.3) is 10.8 Å². The lowest BCUT2D eigenvalue weighted by atomic mass is 10.1. The third-order valence-corrected chi connectivity index (χ3v) is 2.63. The van der Waals surface area contributed by atoms with Crippen LogP contribution in [0.1, 0.15) is 25.5 Å². The Balaban J connectivity index is 2.65. The summed E-state index contributed by atoms with van der Waals surface area (Å²) < 4.78 is 0. The van der Waals surface area contributed by atoms with Crippen LogP contribution in [0.3, 0.4) is 0 Å². The molecule has 0 atom stereocenters. The van der Waals surface area contributed by atoms with Gasteiger partial charge in [0.1, 0.15) is 0 Å². The molecule has 16 heavy (non-hydrogen) atoms. The van der Waals surface area contributed by atoms with E-state index in [4.69, 9.17) is 0 Å². The molecule has 2 rings (SSSR count). The first kappa shape index (κ1) is 10.7. The van der Waals surface area contributed by atoms with Gasteiger partial charge in [0.2, 0.25) is 0 Å². The average Bonchev–Trinajstić information content (AvgIpc) is 2.32. The highest BCUT2D eigenvalue weighted by Crippen LogP contribution is 2.14. The summed E-state index contributed by atoms with van der Waals surface area (Å²) in [5, 5.41) is 14.6. The van der Waals surface area contributed by atoms with Gasteiger partial charge >= 0.3 is 5.56 Å². The molecule has 0 saturated heterocycles. The minimum Gasteiger partial charge on any atom is -0.409 e. The molecule has 0 fully saturated rings. The lowest BCUT2D eigenvalue weighted by molar-refractivity contribution is 0.134. The van der Waals surface area contributed by atoms with Crippen molar-refractivity contribution in [3.63, 3.8) is 0 Å². The van der Waals surface area contributed by atoms with E-state index in [-0.39, 0.29) is 0 Å². The normalized spacial score (nSPS) is 10.8. The van der Waals surface area contributed by atoms with Crippen LogP contribution in [0.4, 0.5) is 0 Å². The monoisotopic (exact) mass is 218 g/mol. The van der Waals surface area contributed by atoms with Crippen molar-refractivity contribution in [2.24, 2.45) is 0 Å². The number of aromatic nitrogens is 2. The zero-order valence-electron chi connectivity index (χ0n) is 9.18. The molecule has 1 aromatic heterocycles. The van der Waals surface area contributed by atoms with Gasteiger partial charge in [-0.3, -0.25) is 4.79 Å². The zero-order chi connectivity index (χ0) is 11.5. The van der Waals surface area contributed by atoms with E-state index in [9.17, 15) is 10.0 Å². The smallest absolute Gasteiger partial charge is 0.310 e. The van der Waals surface area contributed by atoms with Gasteiger partial charge in [-0.15, -0.1) is 5.10 Å². The standard InChI is InChI=1S/C12H14N2O2/c1-2-3-8-11-9-6-4-5-7-10(9)12(15)14(16)13-11/h4-7,16H,2-3,8H2,1H3. The number of hydrogen-bond acceptors (Lipinski definition) is 3. The second-order valence-corrected chi connectivity index (χ2v) is 3.79. The fourth-order valence-corrected chi connectivity index (χ4v) is 1.77. The maximum absolute atomic E-state index is 11.6. The highest BCUT2D eigenvalue weighted by Gasteiger charge is 2.08. The summed E-state index contributed by atoms with van der Waals surface area (Å²) in [5.41, 5.74) is 0.315. The van der Waals surface area contributed by atoms with Crippen molar-refractivity contribution in [1.82, 2.24) is 9.94 Å². The molecule has 4 heteroatoms. The highest BCUT2D eigenvalue weighted by molar-refractivity contribution is 5.83. The van der Waals surface area contributed by atoms with Crippen molar-refractivity contribution >= 4 is 10.8 Å². The van der Waals surface area contributed by atoms with E-state index in [1.54, 1.807) is 12.1 Å². The maximum Gasteiger partial charge on any atom is 0.310 e. The van der Waals surface area contributed by atoms with Crippen LogP contribution in [-0.4, -0.2) is 15.2 Å². The van der Waals surface area contributed by atoms with E-state index in [1.165, 1.54) is 0 Å². The Kier molecular flexibility index (Phi) is 2.90.